The largest absolute Gasteiger partial charge is 0.491 e. The topological polar surface area (TPSA) is 65.7 Å². The van der Waals surface area contributed by atoms with Gasteiger partial charge in [-0.2, -0.15) is 5.26 Å². The maximum atomic E-state index is 10.3. The number of rotatable bonds is 9. The van der Waals surface area contributed by atoms with Gasteiger partial charge in [0.25, 0.3) is 0 Å². The third kappa shape index (κ3) is 14.7. The van der Waals surface area contributed by atoms with Crippen LogP contribution < -0.4 is 4.74 Å². The molecular weight excluding hydrogens is 506 g/mol. The summed E-state index contributed by atoms with van der Waals surface area (Å²) >= 11 is 0. The highest BCUT2D eigenvalue weighted by Crippen LogP contribution is 2.23. The van der Waals surface area contributed by atoms with E-state index in [1.165, 1.54) is 30.0 Å². The molecule has 0 bridgehead atoms. The molecule has 5 nitrogen and oxygen atoms in total. The Kier molecular flexibility index (Phi) is 16.9. The molecule has 0 aliphatic carbocycles. The second-order valence-electron chi connectivity index (χ2n) is 10.3. The van der Waals surface area contributed by atoms with E-state index >= 15 is 0 Å². The highest BCUT2D eigenvalue weighted by molar-refractivity contribution is 5.83. The van der Waals surface area contributed by atoms with Crippen molar-refractivity contribution in [2.24, 2.45) is 4.99 Å². The molecule has 0 spiro atoms. The lowest BCUT2D eigenvalue weighted by Crippen LogP contribution is -2.21. The first-order valence-electron chi connectivity index (χ1n) is 14.3. The van der Waals surface area contributed by atoms with Crippen LogP contribution in [0.25, 0.3) is 11.1 Å². The van der Waals surface area contributed by atoms with Gasteiger partial charge in [-0.3, -0.25) is 4.79 Å². The Bertz CT molecular complexity index is 1270. The van der Waals surface area contributed by atoms with Crippen molar-refractivity contribution in [2.75, 3.05) is 14.1 Å². The van der Waals surface area contributed by atoms with Gasteiger partial charge in [0.2, 0.25) is 0 Å². The summed E-state index contributed by atoms with van der Waals surface area (Å²) in [6, 6.07) is 26.2. The Hall–Kier alpha value is -4.17. The minimum atomic E-state index is 0.262. The second-order valence-corrected chi connectivity index (χ2v) is 10.3. The maximum Gasteiger partial charge on any atom is 0.144 e. The first-order valence-corrected chi connectivity index (χ1v) is 14.3. The van der Waals surface area contributed by atoms with Crippen LogP contribution in [0.3, 0.4) is 0 Å². The van der Waals surface area contributed by atoms with Crippen LogP contribution >= 0.6 is 0 Å². The SMILES string of the molecule is CCCCCC(=N/C(C)=C\C=O)N(C)C.Cc1ccc(-c2ccccc2C#N)cc1.Cc1ccc(OC(C)C)cc1. The molecule has 0 radical (unpaired) electrons. The first-order chi connectivity index (χ1) is 19.6. The fourth-order valence-electron chi connectivity index (χ4n) is 3.71. The average Bonchev–Trinajstić information content (AvgIpc) is 2.95. The van der Waals surface area contributed by atoms with Crippen LogP contribution in [-0.4, -0.2) is 37.2 Å². The zero-order valence-corrected chi connectivity index (χ0v) is 26.1. The Labute approximate surface area is 248 Å². The van der Waals surface area contributed by atoms with Crippen molar-refractivity contribution < 1.29 is 9.53 Å². The van der Waals surface area contributed by atoms with E-state index in [-0.39, 0.29) is 6.10 Å². The zero-order valence-electron chi connectivity index (χ0n) is 26.1. The van der Waals surface area contributed by atoms with Crippen LogP contribution in [0.1, 0.15) is 70.1 Å². The highest BCUT2D eigenvalue weighted by atomic mass is 16.5. The number of aliphatic imine (C=N–C) groups is 1. The quantitative estimate of drug-likeness (QED) is 0.0872. The van der Waals surface area contributed by atoms with E-state index in [0.29, 0.717) is 0 Å². The number of allylic oxidation sites excluding steroid dienone is 2. The van der Waals surface area contributed by atoms with Crippen molar-refractivity contribution in [1.29, 1.82) is 5.26 Å². The van der Waals surface area contributed by atoms with Crippen LogP contribution in [0.15, 0.2) is 89.6 Å². The third-order valence-corrected chi connectivity index (χ3v) is 5.94. The van der Waals surface area contributed by atoms with Crippen LogP contribution in [0.5, 0.6) is 5.75 Å². The Morgan fingerprint density at radius 2 is 1.54 bits per heavy atom. The number of nitrogens with zero attached hydrogens (tertiary/aromatic N) is 3. The number of carbonyl (C=O) groups excluding carboxylic acids is 1. The standard InChI is InChI=1S/C14H11N.C12H22N2O.C10H14O/c1-11-6-8-12(9-7-11)14-5-3-2-4-13(14)10-15;1-5-6-7-8-12(14(3)4)13-11(2)9-10-15;1-8(2)11-10-6-4-9(3)5-7-10/h2-9H,1H3;9-10H,5-8H2,1-4H3;4-8H,1-3H3/b;11-9-,13-12?;. The third-order valence-electron chi connectivity index (χ3n) is 5.94. The number of hydrogen-bond donors (Lipinski definition) is 0. The summed E-state index contributed by atoms with van der Waals surface area (Å²) in [5.74, 6) is 1.99. The summed E-state index contributed by atoms with van der Waals surface area (Å²) in [6.45, 7) is 12.2. The second kappa shape index (κ2) is 19.8. The van der Waals surface area contributed by atoms with E-state index in [9.17, 15) is 4.79 Å². The van der Waals surface area contributed by atoms with Gasteiger partial charge in [-0.25, -0.2) is 4.99 Å². The fourth-order valence-corrected chi connectivity index (χ4v) is 3.71. The smallest absolute Gasteiger partial charge is 0.144 e. The summed E-state index contributed by atoms with van der Waals surface area (Å²) in [6.07, 6.45) is 7.10. The number of aryl methyl sites for hydroxylation is 2. The Morgan fingerprint density at radius 1 is 0.951 bits per heavy atom. The van der Waals surface area contributed by atoms with E-state index in [0.717, 1.165) is 53.1 Å². The van der Waals surface area contributed by atoms with Gasteiger partial charge in [-0.05, 0) is 76.4 Å². The van der Waals surface area contributed by atoms with Crippen molar-refractivity contribution in [3.05, 3.63) is 101 Å². The molecule has 0 heterocycles. The van der Waals surface area contributed by atoms with Gasteiger partial charge in [0.05, 0.1) is 17.7 Å². The molecule has 0 fully saturated rings. The van der Waals surface area contributed by atoms with Gasteiger partial charge in [0, 0.05) is 26.2 Å². The molecule has 0 atom stereocenters. The summed E-state index contributed by atoms with van der Waals surface area (Å²) in [7, 11) is 3.97. The monoisotopic (exact) mass is 553 g/mol. The fraction of sp³-hybridized carbons (Fsp3) is 0.361. The van der Waals surface area contributed by atoms with E-state index in [1.54, 1.807) is 0 Å². The number of amidine groups is 1. The highest BCUT2D eigenvalue weighted by Gasteiger charge is 2.03. The molecule has 0 unspecified atom stereocenters. The van der Waals surface area contributed by atoms with Gasteiger partial charge < -0.3 is 9.64 Å². The predicted octanol–water partition coefficient (Wildman–Crippen LogP) is 8.95. The molecule has 0 aliphatic heterocycles. The summed E-state index contributed by atoms with van der Waals surface area (Å²) in [4.78, 5) is 16.7. The molecule has 0 saturated carbocycles. The van der Waals surface area contributed by atoms with Crippen molar-refractivity contribution >= 4 is 12.1 Å². The van der Waals surface area contributed by atoms with E-state index in [2.05, 4.69) is 56.1 Å². The molecule has 0 amide bonds. The first kappa shape index (κ1) is 34.9. The van der Waals surface area contributed by atoms with Crippen molar-refractivity contribution in [3.8, 4) is 22.9 Å². The van der Waals surface area contributed by atoms with Crippen LogP contribution in [0, 0.1) is 25.2 Å². The zero-order chi connectivity index (χ0) is 30.6. The van der Waals surface area contributed by atoms with Crippen molar-refractivity contribution in [3.63, 3.8) is 0 Å². The molecular formula is C36H47N3O2. The van der Waals surface area contributed by atoms with E-state index in [4.69, 9.17) is 10.00 Å². The van der Waals surface area contributed by atoms with Crippen LogP contribution in [0.4, 0.5) is 0 Å². The summed E-state index contributed by atoms with van der Waals surface area (Å²) < 4.78 is 5.47. The molecule has 5 heteroatoms. The van der Waals surface area contributed by atoms with E-state index < -0.39 is 0 Å². The molecule has 0 N–H and O–H groups in total. The lowest BCUT2D eigenvalue weighted by molar-refractivity contribution is -0.104. The van der Waals surface area contributed by atoms with Crippen LogP contribution in [-0.2, 0) is 4.79 Å². The number of aldehydes is 1. The molecule has 0 aromatic heterocycles. The van der Waals surface area contributed by atoms with Gasteiger partial charge >= 0.3 is 0 Å². The lowest BCUT2D eigenvalue weighted by atomic mass is 10.00. The minimum absolute atomic E-state index is 0.262. The van der Waals surface area contributed by atoms with Gasteiger partial charge in [0.15, 0.2) is 0 Å². The molecule has 3 rings (SSSR count). The normalized spacial score (nSPS) is 10.9. The van der Waals surface area contributed by atoms with E-state index in [1.807, 2.05) is 88.3 Å². The van der Waals surface area contributed by atoms with Crippen molar-refractivity contribution in [1.82, 2.24) is 4.90 Å². The summed E-state index contributed by atoms with van der Waals surface area (Å²) in [5.41, 5.74) is 6.08. The number of ether oxygens (including phenoxy) is 1. The Balaban J connectivity index is 0.000000312. The number of hydrogen-bond acceptors (Lipinski definition) is 4. The number of nitriles is 1. The van der Waals surface area contributed by atoms with Gasteiger partial charge in [-0.1, -0.05) is 85.5 Å². The summed E-state index contributed by atoms with van der Waals surface area (Å²) in [5, 5.41) is 8.98. The average molecular weight is 554 g/mol. The number of unbranched alkanes of at least 4 members (excludes halogenated alkanes) is 2. The molecule has 41 heavy (non-hydrogen) atoms. The molecule has 3 aromatic carbocycles. The number of carbonyl (C=O) groups is 1. The lowest BCUT2D eigenvalue weighted by Gasteiger charge is -2.15. The maximum absolute atomic E-state index is 10.3. The predicted molar refractivity (Wildman–Crippen MR) is 173 cm³/mol. The molecule has 0 aliphatic rings. The Morgan fingerprint density at radius 3 is 2.05 bits per heavy atom. The van der Waals surface area contributed by atoms with Gasteiger partial charge in [0.1, 0.15) is 17.9 Å². The van der Waals surface area contributed by atoms with Crippen molar-refractivity contribution in [2.45, 2.75) is 73.3 Å². The van der Waals surface area contributed by atoms with Crippen LogP contribution in [0.2, 0.25) is 0 Å². The number of benzene rings is 3. The molecule has 218 valence electrons. The molecule has 0 saturated heterocycles. The molecule has 3 aromatic rings. The van der Waals surface area contributed by atoms with Gasteiger partial charge in [-0.15, -0.1) is 0 Å². The minimum Gasteiger partial charge on any atom is -0.491 e.